The van der Waals surface area contributed by atoms with Gasteiger partial charge in [-0.15, -0.1) is 13.2 Å². The van der Waals surface area contributed by atoms with Gasteiger partial charge in [0.1, 0.15) is 23.1 Å². The van der Waals surface area contributed by atoms with E-state index in [1.165, 1.54) is 11.8 Å². The number of carbonyl (C=O) groups is 2. The molecule has 242 valence electrons. The SMILES string of the molecule is Cc1cc(OC(F)(F)F)ccc1S(=O)(=O)CNCCCCC(=O)N(C)Cc1ccc(C2=NCCN2C(=O)OC(C)(C)C)cc1. The summed E-state index contributed by atoms with van der Waals surface area (Å²) in [7, 11) is -2.07. The summed E-state index contributed by atoms with van der Waals surface area (Å²) in [6, 6.07) is 10.6. The molecule has 0 aromatic heterocycles. The maximum Gasteiger partial charge on any atom is 0.573 e. The zero-order valence-electron chi connectivity index (χ0n) is 25.5. The van der Waals surface area contributed by atoms with Gasteiger partial charge in [0.2, 0.25) is 5.91 Å². The van der Waals surface area contributed by atoms with Crippen molar-refractivity contribution in [1.29, 1.82) is 0 Å². The van der Waals surface area contributed by atoms with Crippen molar-refractivity contribution < 1.29 is 40.7 Å². The van der Waals surface area contributed by atoms with E-state index in [9.17, 15) is 31.2 Å². The predicted molar refractivity (Wildman–Crippen MR) is 159 cm³/mol. The average Bonchev–Trinajstić information content (AvgIpc) is 3.39. The fourth-order valence-corrected chi connectivity index (χ4v) is 5.87. The Bertz CT molecular complexity index is 1450. The van der Waals surface area contributed by atoms with Crippen LogP contribution in [-0.2, 0) is 25.9 Å². The number of unbranched alkanes of at least 4 members (excludes halogenated alkanes) is 1. The summed E-state index contributed by atoms with van der Waals surface area (Å²) in [6.45, 7) is 8.51. The highest BCUT2D eigenvalue weighted by Gasteiger charge is 2.32. The van der Waals surface area contributed by atoms with Gasteiger partial charge in [-0.1, -0.05) is 24.3 Å². The van der Waals surface area contributed by atoms with Crippen molar-refractivity contribution in [3.8, 4) is 5.75 Å². The fourth-order valence-electron chi connectivity index (χ4n) is 4.48. The van der Waals surface area contributed by atoms with Gasteiger partial charge < -0.3 is 19.7 Å². The van der Waals surface area contributed by atoms with Gasteiger partial charge >= 0.3 is 12.5 Å². The Morgan fingerprint density at radius 1 is 1.07 bits per heavy atom. The molecule has 0 saturated carbocycles. The van der Waals surface area contributed by atoms with Crippen LogP contribution in [-0.4, -0.2) is 80.6 Å². The number of nitrogens with one attached hydrogen (secondary N) is 1. The van der Waals surface area contributed by atoms with Crippen LogP contribution in [0.1, 0.15) is 56.7 Å². The van der Waals surface area contributed by atoms with Crippen LogP contribution in [0, 0.1) is 6.92 Å². The van der Waals surface area contributed by atoms with Crippen molar-refractivity contribution in [1.82, 2.24) is 15.1 Å². The highest BCUT2D eigenvalue weighted by atomic mass is 32.2. The first-order valence-corrected chi connectivity index (χ1v) is 15.8. The molecule has 14 heteroatoms. The summed E-state index contributed by atoms with van der Waals surface area (Å²) in [4.78, 5) is 32.7. The van der Waals surface area contributed by atoms with Crippen LogP contribution in [0.15, 0.2) is 52.4 Å². The number of rotatable bonds is 12. The first-order chi connectivity index (χ1) is 20.4. The Labute approximate surface area is 256 Å². The second-order valence-electron chi connectivity index (χ2n) is 11.5. The Morgan fingerprint density at radius 3 is 2.36 bits per heavy atom. The van der Waals surface area contributed by atoms with Gasteiger partial charge in [-0.2, -0.15) is 0 Å². The highest BCUT2D eigenvalue weighted by molar-refractivity contribution is 7.91. The molecule has 1 aliphatic rings. The lowest BCUT2D eigenvalue weighted by Crippen LogP contribution is -2.39. The Hall–Kier alpha value is -3.65. The molecule has 2 aromatic carbocycles. The maximum absolute atomic E-state index is 12.6. The van der Waals surface area contributed by atoms with E-state index in [0.29, 0.717) is 44.9 Å². The first kappa shape index (κ1) is 34.8. The number of aliphatic imine (C=N–C) groups is 1. The largest absolute Gasteiger partial charge is 0.573 e. The normalized spacial score (nSPS) is 13.9. The van der Waals surface area contributed by atoms with E-state index >= 15 is 0 Å². The quantitative estimate of drug-likeness (QED) is 0.323. The lowest BCUT2D eigenvalue weighted by molar-refractivity contribution is -0.274. The second-order valence-corrected chi connectivity index (χ2v) is 13.4. The molecule has 0 bridgehead atoms. The lowest BCUT2D eigenvalue weighted by atomic mass is 10.1. The van der Waals surface area contributed by atoms with E-state index in [0.717, 1.165) is 29.3 Å². The molecular formula is C30H39F3N4O6S. The monoisotopic (exact) mass is 640 g/mol. The molecule has 44 heavy (non-hydrogen) atoms. The van der Waals surface area contributed by atoms with Crippen LogP contribution in [0.2, 0.25) is 0 Å². The van der Waals surface area contributed by atoms with E-state index < -0.39 is 33.6 Å². The first-order valence-electron chi connectivity index (χ1n) is 14.1. The van der Waals surface area contributed by atoms with Crippen LogP contribution in [0.4, 0.5) is 18.0 Å². The smallest absolute Gasteiger partial charge is 0.443 e. The number of hydrogen-bond acceptors (Lipinski definition) is 8. The van der Waals surface area contributed by atoms with Crippen molar-refractivity contribution >= 4 is 27.7 Å². The summed E-state index contributed by atoms with van der Waals surface area (Å²) < 4.78 is 71.8. The standard InChI is InChI=1S/C30H39F3N4O6S/c1-21-18-24(42-30(31,32)33)13-14-25(21)44(40,41)20-34-15-7-6-8-26(38)36(5)19-22-9-11-23(12-10-22)27-35-16-17-37(27)28(39)43-29(2,3)4/h9-14,18,34H,6-8,15-17,19-20H2,1-5H3. The average molecular weight is 641 g/mol. The second kappa shape index (κ2) is 14.4. The van der Waals surface area contributed by atoms with Crippen LogP contribution in [0.3, 0.4) is 0 Å². The number of amides is 2. The summed E-state index contributed by atoms with van der Waals surface area (Å²) >= 11 is 0. The number of benzene rings is 2. The van der Waals surface area contributed by atoms with E-state index in [2.05, 4.69) is 15.0 Å². The topological polar surface area (TPSA) is 118 Å². The molecular weight excluding hydrogens is 601 g/mol. The lowest BCUT2D eigenvalue weighted by Gasteiger charge is -2.25. The van der Waals surface area contributed by atoms with Gasteiger partial charge in [0.05, 0.1) is 18.0 Å². The molecule has 0 spiro atoms. The molecule has 0 radical (unpaired) electrons. The zero-order chi connectivity index (χ0) is 32.7. The molecule has 0 unspecified atom stereocenters. The number of amidine groups is 1. The van der Waals surface area contributed by atoms with Crippen LogP contribution >= 0.6 is 0 Å². The highest BCUT2D eigenvalue weighted by Crippen LogP contribution is 2.27. The van der Waals surface area contributed by atoms with E-state index in [1.54, 1.807) is 11.9 Å². The third-order valence-electron chi connectivity index (χ3n) is 6.51. The molecule has 2 amide bonds. The number of nitrogens with zero attached hydrogens (tertiary/aromatic N) is 3. The van der Waals surface area contributed by atoms with E-state index in [4.69, 9.17) is 4.74 Å². The van der Waals surface area contributed by atoms with Crippen molar-refractivity contribution in [3.05, 3.63) is 59.2 Å². The zero-order valence-corrected chi connectivity index (χ0v) is 26.3. The number of alkyl halides is 3. The number of sulfone groups is 1. The van der Waals surface area contributed by atoms with Gasteiger partial charge in [0.25, 0.3) is 0 Å². The molecule has 1 aliphatic heterocycles. The molecule has 0 aliphatic carbocycles. The van der Waals surface area contributed by atoms with Crippen molar-refractivity contribution in [2.45, 2.75) is 70.4 Å². The summed E-state index contributed by atoms with van der Waals surface area (Å²) in [5, 5.41) is 2.83. The van der Waals surface area contributed by atoms with Crippen molar-refractivity contribution in [2.75, 3.05) is 32.6 Å². The van der Waals surface area contributed by atoms with Crippen molar-refractivity contribution in [2.24, 2.45) is 4.99 Å². The number of hydrogen-bond donors (Lipinski definition) is 1. The Morgan fingerprint density at radius 2 is 1.75 bits per heavy atom. The van der Waals surface area contributed by atoms with E-state index in [-0.39, 0.29) is 28.7 Å². The Kier molecular flexibility index (Phi) is 11.4. The maximum atomic E-state index is 12.6. The third-order valence-corrected chi connectivity index (χ3v) is 8.23. The van der Waals surface area contributed by atoms with Crippen LogP contribution in [0.5, 0.6) is 5.75 Å². The molecule has 10 nitrogen and oxygen atoms in total. The molecule has 1 heterocycles. The fraction of sp³-hybridized carbons (Fsp3) is 0.500. The molecule has 0 atom stereocenters. The van der Waals surface area contributed by atoms with Crippen LogP contribution in [0.25, 0.3) is 0 Å². The van der Waals surface area contributed by atoms with Gasteiger partial charge in [0.15, 0.2) is 9.84 Å². The molecule has 1 N–H and O–H groups in total. The number of ether oxygens (including phenoxy) is 2. The molecule has 0 saturated heterocycles. The summed E-state index contributed by atoms with van der Waals surface area (Å²) in [5.41, 5.74) is 1.22. The van der Waals surface area contributed by atoms with Gasteiger partial charge in [0, 0.05) is 25.6 Å². The minimum absolute atomic E-state index is 0.0604. The summed E-state index contributed by atoms with van der Waals surface area (Å²) in [5.74, 6) is -0.381. The number of carbonyl (C=O) groups excluding carboxylic acids is 2. The Balaban J connectivity index is 1.40. The van der Waals surface area contributed by atoms with Crippen LogP contribution < -0.4 is 10.1 Å². The van der Waals surface area contributed by atoms with Crippen molar-refractivity contribution in [3.63, 3.8) is 0 Å². The third kappa shape index (κ3) is 10.5. The molecule has 3 rings (SSSR count). The van der Waals surface area contributed by atoms with Gasteiger partial charge in [-0.3, -0.25) is 14.7 Å². The van der Waals surface area contributed by atoms with Gasteiger partial charge in [-0.25, -0.2) is 13.2 Å². The molecule has 0 fully saturated rings. The van der Waals surface area contributed by atoms with E-state index in [1.807, 2.05) is 45.0 Å². The number of aryl methyl sites for hydroxylation is 1. The summed E-state index contributed by atoms with van der Waals surface area (Å²) in [6.07, 6.45) is -3.93. The molecule has 2 aromatic rings. The minimum atomic E-state index is -4.87. The number of halogens is 3. The minimum Gasteiger partial charge on any atom is -0.443 e. The van der Waals surface area contributed by atoms with Gasteiger partial charge in [-0.05, 0) is 76.4 Å². The predicted octanol–water partition coefficient (Wildman–Crippen LogP) is 5.04.